The van der Waals surface area contributed by atoms with E-state index < -0.39 is 0 Å². The highest BCUT2D eigenvalue weighted by atomic mass is 32.2. The van der Waals surface area contributed by atoms with E-state index in [-0.39, 0.29) is 0 Å². The highest BCUT2D eigenvalue weighted by Crippen LogP contribution is 2.14. The van der Waals surface area contributed by atoms with Crippen LogP contribution in [0.25, 0.3) is 0 Å². The SMILES string of the molecule is CC(C)C1C=CC(C(C)C)NSN1. The smallest absolute Gasteiger partial charge is 0.0387 e. The highest BCUT2D eigenvalue weighted by molar-refractivity contribution is 7.95. The Morgan fingerprint density at radius 1 is 0.923 bits per heavy atom. The summed E-state index contributed by atoms with van der Waals surface area (Å²) in [4.78, 5) is 0. The third-order valence-corrected chi connectivity index (χ3v) is 3.13. The van der Waals surface area contributed by atoms with Crippen molar-refractivity contribution in [1.29, 1.82) is 0 Å². The molecule has 0 saturated heterocycles. The van der Waals surface area contributed by atoms with E-state index in [0.29, 0.717) is 23.9 Å². The zero-order valence-corrected chi connectivity index (χ0v) is 9.69. The van der Waals surface area contributed by atoms with Crippen molar-refractivity contribution in [2.75, 3.05) is 0 Å². The van der Waals surface area contributed by atoms with Gasteiger partial charge in [0.15, 0.2) is 0 Å². The zero-order chi connectivity index (χ0) is 9.84. The van der Waals surface area contributed by atoms with E-state index in [1.807, 2.05) is 0 Å². The molecule has 1 aliphatic rings. The van der Waals surface area contributed by atoms with Gasteiger partial charge in [-0.15, -0.1) is 0 Å². The van der Waals surface area contributed by atoms with E-state index in [1.165, 1.54) is 0 Å². The number of hydrogen-bond donors (Lipinski definition) is 2. The van der Waals surface area contributed by atoms with Crippen molar-refractivity contribution in [2.45, 2.75) is 39.8 Å². The number of nitrogens with one attached hydrogen (secondary N) is 2. The van der Waals surface area contributed by atoms with Crippen molar-refractivity contribution >= 4 is 12.1 Å². The molecular weight excluding hydrogens is 180 g/mol. The third-order valence-electron chi connectivity index (χ3n) is 2.35. The Morgan fingerprint density at radius 2 is 1.31 bits per heavy atom. The molecule has 1 heterocycles. The van der Waals surface area contributed by atoms with Gasteiger partial charge in [-0.25, -0.2) is 9.44 Å². The monoisotopic (exact) mass is 200 g/mol. The summed E-state index contributed by atoms with van der Waals surface area (Å²) in [6.07, 6.45) is 4.56. The van der Waals surface area contributed by atoms with Crippen LogP contribution in [-0.2, 0) is 0 Å². The van der Waals surface area contributed by atoms with Crippen molar-refractivity contribution in [3.63, 3.8) is 0 Å². The van der Waals surface area contributed by atoms with Crippen LogP contribution in [0.3, 0.4) is 0 Å². The molecule has 76 valence electrons. The Bertz CT molecular complexity index is 160. The van der Waals surface area contributed by atoms with Crippen LogP contribution in [0.1, 0.15) is 27.7 Å². The highest BCUT2D eigenvalue weighted by Gasteiger charge is 2.17. The fourth-order valence-corrected chi connectivity index (χ4v) is 2.25. The van der Waals surface area contributed by atoms with E-state index in [2.05, 4.69) is 49.3 Å². The predicted octanol–water partition coefficient (Wildman–Crippen LogP) is 2.35. The maximum atomic E-state index is 3.38. The average Bonchev–Trinajstić information content (AvgIpc) is 2.27. The summed E-state index contributed by atoms with van der Waals surface area (Å²) in [5.41, 5.74) is 0. The van der Waals surface area contributed by atoms with Gasteiger partial charge in [0.25, 0.3) is 0 Å². The van der Waals surface area contributed by atoms with Gasteiger partial charge in [0, 0.05) is 24.2 Å². The molecule has 1 rings (SSSR count). The first kappa shape index (κ1) is 11.1. The van der Waals surface area contributed by atoms with Gasteiger partial charge in [-0.05, 0) is 11.8 Å². The second-order valence-corrected chi connectivity index (χ2v) is 4.94. The molecule has 0 spiro atoms. The van der Waals surface area contributed by atoms with Crippen LogP contribution in [-0.4, -0.2) is 12.1 Å². The first-order chi connectivity index (χ1) is 6.11. The lowest BCUT2D eigenvalue weighted by atomic mass is 10.0. The molecular formula is C10H20N2S. The minimum absolute atomic E-state index is 0.487. The molecule has 2 unspecified atom stereocenters. The van der Waals surface area contributed by atoms with Gasteiger partial charge in [0.05, 0.1) is 0 Å². The topological polar surface area (TPSA) is 24.1 Å². The quantitative estimate of drug-likeness (QED) is 0.528. The van der Waals surface area contributed by atoms with Crippen molar-refractivity contribution in [3.05, 3.63) is 12.2 Å². The van der Waals surface area contributed by atoms with Gasteiger partial charge in [0.2, 0.25) is 0 Å². The maximum absolute atomic E-state index is 3.38. The molecule has 0 amide bonds. The predicted molar refractivity (Wildman–Crippen MR) is 60.3 cm³/mol. The molecule has 2 nitrogen and oxygen atoms in total. The lowest BCUT2D eigenvalue weighted by Crippen LogP contribution is -2.30. The summed E-state index contributed by atoms with van der Waals surface area (Å²) in [7, 11) is 0. The largest absolute Gasteiger partial charge is 0.244 e. The van der Waals surface area contributed by atoms with Crippen LogP contribution in [0.2, 0.25) is 0 Å². The minimum Gasteiger partial charge on any atom is -0.244 e. The standard InChI is InChI=1S/C10H20N2S/c1-7(2)9-5-6-10(8(3)4)12-13-11-9/h5-12H,1-4H3. The lowest BCUT2D eigenvalue weighted by Gasteiger charge is -2.16. The van der Waals surface area contributed by atoms with Crippen LogP contribution >= 0.6 is 12.1 Å². The number of hydrogen-bond acceptors (Lipinski definition) is 3. The maximum Gasteiger partial charge on any atom is 0.0387 e. The summed E-state index contributed by atoms with van der Waals surface area (Å²) >= 11 is 1.63. The van der Waals surface area contributed by atoms with Gasteiger partial charge in [-0.3, -0.25) is 0 Å². The zero-order valence-electron chi connectivity index (χ0n) is 8.87. The van der Waals surface area contributed by atoms with Crippen LogP contribution in [0.5, 0.6) is 0 Å². The minimum atomic E-state index is 0.487. The van der Waals surface area contributed by atoms with E-state index in [4.69, 9.17) is 0 Å². The normalized spacial score (nSPS) is 29.7. The lowest BCUT2D eigenvalue weighted by molar-refractivity contribution is 0.539. The molecule has 0 saturated carbocycles. The molecule has 0 aliphatic carbocycles. The Morgan fingerprint density at radius 3 is 1.62 bits per heavy atom. The molecule has 0 fully saturated rings. The summed E-state index contributed by atoms with van der Waals surface area (Å²) in [5, 5.41) is 0. The second kappa shape index (κ2) is 5.03. The third kappa shape index (κ3) is 3.33. The van der Waals surface area contributed by atoms with Gasteiger partial charge < -0.3 is 0 Å². The Balaban J connectivity index is 2.55. The molecule has 2 atom stereocenters. The Hall–Kier alpha value is 0.01000. The van der Waals surface area contributed by atoms with Gasteiger partial charge in [-0.2, -0.15) is 0 Å². The van der Waals surface area contributed by atoms with E-state index in [9.17, 15) is 0 Å². The summed E-state index contributed by atoms with van der Waals surface area (Å²) < 4.78 is 6.77. The second-order valence-electron chi connectivity index (χ2n) is 4.26. The molecule has 3 heteroatoms. The van der Waals surface area contributed by atoms with Crippen LogP contribution < -0.4 is 9.44 Å². The fraction of sp³-hybridized carbons (Fsp3) is 0.800. The Labute approximate surface area is 85.8 Å². The van der Waals surface area contributed by atoms with Crippen molar-refractivity contribution < 1.29 is 0 Å². The van der Waals surface area contributed by atoms with Crippen LogP contribution in [0.4, 0.5) is 0 Å². The first-order valence-corrected chi connectivity index (χ1v) is 5.78. The molecule has 13 heavy (non-hydrogen) atoms. The van der Waals surface area contributed by atoms with Crippen LogP contribution in [0, 0.1) is 11.8 Å². The molecule has 0 aromatic heterocycles. The molecule has 0 aromatic carbocycles. The van der Waals surface area contributed by atoms with Gasteiger partial charge in [-0.1, -0.05) is 39.8 Å². The van der Waals surface area contributed by atoms with Gasteiger partial charge >= 0.3 is 0 Å². The molecule has 1 aliphatic heterocycles. The summed E-state index contributed by atoms with van der Waals surface area (Å²) in [6.45, 7) is 8.94. The number of rotatable bonds is 2. The summed E-state index contributed by atoms with van der Waals surface area (Å²) in [6, 6.07) is 0.975. The van der Waals surface area contributed by atoms with Crippen molar-refractivity contribution in [2.24, 2.45) is 11.8 Å². The van der Waals surface area contributed by atoms with Crippen molar-refractivity contribution in [1.82, 2.24) is 9.44 Å². The average molecular weight is 200 g/mol. The van der Waals surface area contributed by atoms with Crippen molar-refractivity contribution in [3.8, 4) is 0 Å². The first-order valence-electron chi connectivity index (χ1n) is 4.96. The summed E-state index contributed by atoms with van der Waals surface area (Å²) in [5.74, 6) is 1.30. The van der Waals surface area contributed by atoms with Crippen LogP contribution in [0.15, 0.2) is 12.2 Å². The van der Waals surface area contributed by atoms with E-state index in [1.54, 1.807) is 12.1 Å². The molecule has 0 aromatic rings. The molecule has 0 bridgehead atoms. The molecule has 0 radical (unpaired) electrons. The Kier molecular flexibility index (Phi) is 4.29. The van der Waals surface area contributed by atoms with E-state index in [0.717, 1.165) is 0 Å². The van der Waals surface area contributed by atoms with E-state index >= 15 is 0 Å². The fourth-order valence-electron chi connectivity index (χ4n) is 1.20. The molecule has 2 N–H and O–H groups in total. The van der Waals surface area contributed by atoms with Gasteiger partial charge in [0.1, 0.15) is 0 Å².